The second-order valence-corrected chi connectivity index (χ2v) is 12.3. The van der Waals surface area contributed by atoms with Crippen LogP contribution in [0, 0.1) is 12.8 Å². The summed E-state index contributed by atoms with van der Waals surface area (Å²) in [4.78, 5) is 24.7. The summed E-state index contributed by atoms with van der Waals surface area (Å²) in [6.07, 6.45) is 3.24. The van der Waals surface area contributed by atoms with Crippen molar-refractivity contribution in [1.29, 1.82) is 0 Å². The Morgan fingerprint density at radius 3 is 2.51 bits per heavy atom. The number of hydrogen-bond donors (Lipinski definition) is 1. The number of halogens is 2. The number of anilines is 3. The summed E-state index contributed by atoms with van der Waals surface area (Å²) in [5, 5.41) is 0. The quantitative estimate of drug-likeness (QED) is 0.485. The van der Waals surface area contributed by atoms with Crippen LogP contribution in [0.3, 0.4) is 0 Å². The van der Waals surface area contributed by atoms with Gasteiger partial charge in [-0.2, -0.15) is 8.42 Å². The molecule has 10 nitrogen and oxygen atoms in total. The number of amides is 1. The van der Waals surface area contributed by atoms with Gasteiger partial charge in [0.05, 0.1) is 24.1 Å². The molecule has 39 heavy (non-hydrogen) atoms. The molecule has 1 unspecified atom stereocenters. The summed E-state index contributed by atoms with van der Waals surface area (Å²) in [5.74, 6) is -2.51. The normalized spacial score (nSPS) is 21.3. The van der Waals surface area contributed by atoms with Gasteiger partial charge in [0, 0.05) is 57.7 Å². The lowest BCUT2D eigenvalue weighted by atomic mass is 10.0. The number of aromatic nitrogens is 3. The number of rotatable bonds is 5. The number of nitrogens with zero attached hydrogens (tertiary/aromatic N) is 6. The largest absolute Gasteiger partial charge is 0.353 e. The van der Waals surface area contributed by atoms with Crippen molar-refractivity contribution in [2.45, 2.75) is 19.3 Å². The Morgan fingerprint density at radius 1 is 1.15 bits per heavy atom. The minimum Gasteiger partial charge on any atom is -0.353 e. The van der Waals surface area contributed by atoms with Crippen molar-refractivity contribution < 1.29 is 26.6 Å². The zero-order valence-corrected chi connectivity index (χ0v) is 22.8. The van der Waals surface area contributed by atoms with E-state index in [9.17, 15) is 22.0 Å². The minimum atomic E-state index is -3.93. The average molecular weight is 559 g/mol. The highest BCUT2D eigenvalue weighted by atomic mass is 32.2. The molecular formula is C26H30F2N7O3S+. The van der Waals surface area contributed by atoms with Crippen molar-refractivity contribution in [1.82, 2.24) is 14.9 Å². The van der Waals surface area contributed by atoms with Crippen molar-refractivity contribution in [3.63, 3.8) is 0 Å². The number of alkyl halides is 2. The van der Waals surface area contributed by atoms with Crippen molar-refractivity contribution in [3.8, 4) is 11.3 Å². The number of H-pyrrole nitrogens is 1. The lowest BCUT2D eigenvalue weighted by molar-refractivity contribution is -0.672. The number of hydrogen-bond acceptors (Lipinski definition) is 5. The molecule has 3 aromatic rings. The van der Waals surface area contributed by atoms with Crippen molar-refractivity contribution in [2.24, 2.45) is 13.0 Å². The van der Waals surface area contributed by atoms with Gasteiger partial charge >= 0.3 is 21.9 Å². The van der Waals surface area contributed by atoms with E-state index in [4.69, 9.17) is 4.98 Å². The maximum Gasteiger partial charge on any atom is 0.345 e. The van der Waals surface area contributed by atoms with E-state index in [1.165, 1.54) is 7.05 Å². The number of aromatic amines is 1. The molecule has 1 saturated carbocycles. The molecule has 1 amide bonds. The van der Waals surface area contributed by atoms with E-state index in [2.05, 4.69) is 9.88 Å². The Kier molecular flexibility index (Phi) is 5.83. The van der Waals surface area contributed by atoms with Gasteiger partial charge in [-0.1, -0.05) is 12.1 Å². The van der Waals surface area contributed by atoms with Crippen molar-refractivity contribution in [2.75, 3.05) is 53.3 Å². The number of piperazine rings is 1. The van der Waals surface area contributed by atoms with Gasteiger partial charge in [0.2, 0.25) is 0 Å². The topological polar surface area (TPSA) is 96.7 Å². The molecule has 0 spiro atoms. The molecule has 6 rings (SSSR count). The van der Waals surface area contributed by atoms with E-state index in [1.807, 2.05) is 31.0 Å². The number of benzene rings is 1. The van der Waals surface area contributed by atoms with E-state index < -0.39 is 22.0 Å². The first kappa shape index (κ1) is 25.5. The summed E-state index contributed by atoms with van der Waals surface area (Å²) >= 11 is 0. The Balaban J connectivity index is 1.23. The molecule has 4 heterocycles. The van der Waals surface area contributed by atoms with Crippen LogP contribution >= 0.6 is 0 Å². The lowest BCUT2D eigenvalue weighted by Gasteiger charge is -2.34. The second-order valence-electron chi connectivity index (χ2n) is 10.4. The predicted octanol–water partition coefficient (Wildman–Crippen LogP) is 2.33. The Bertz CT molecular complexity index is 1570. The highest BCUT2D eigenvalue weighted by Crippen LogP contribution is 2.51. The fourth-order valence-electron chi connectivity index (χ4n) is 5.28. The molecule has 2 fully saturated rings. The van der Waals surface area contributed by atoms with Gasteiger partial charge in [-0.3, -0.25) is 13.4 Å². The molecule has 2 aromatic heterocycles. The Morgan fingerprint density at radius 2 is 1.87 bits per heavy atom. The number of pyridine rings is 1. The van der Waals surface area contributed by atoms with Crippen LogP contribution in [-0.2, 0) is 17.3 Å². The van der Waals surface area contributed by atoms with Crippen LogP contribution in [0.25, 0.3) is 11.3 Å². The lowest BCUT2D eigenvalue weighted by Crippen LogP contribution is -2.51. The average Bonchev–Trinajstić information content (AvgIpc) is 3.21. The van der Waals surface area contributed by atoms with Crippen molar-refractivity contribution >= 4 is 33.3 Å². The van der Waals surface area contributed by atoms with E-state index in [0.29, 0.717) is 49.1 Å². The summed E-state index contributed by atoms with van der Waals surface area (Å²) in [6, 6.07) is 9.14. The fraction of sp³-hybridized carbons (Fsp3) is 0.423. The molecule has 3 aliphatic rings. The van der Waals surface area contributed by atoms with Crippen LogP contribution < -0.4 is 18.1 Å². The molecular weight excluding hydrogens is 528 g/mol. The number of carbonyl (C=O) groups is 1. The van der Waals surface area contributed by atoms with Gasteiger partial charge in [-0.05, 0) is 30.7 Å². The minimum absolute atomic E-state index is 0.0450. The summed E-state index contributed by atoms with van der Waals surface area (Å²) in [6.45, 7) is 4.05. The number of nitrogens with one attached hydrogen (secondary N) is 1. The van der Waals surface area contributed by atoms with E-state index in [0.717, 1.165) is 25.6 Å². The third-order valence-corrected chi connectivity index (χ3v) is 9.66. The number of fused-ring (bicyclic) bond motifs is 1. The third kappa shape index (κ3) is 4.28. The van der Waals surface area contributed by atoms with E-state index in [1.54, 1.807) is 35.2 Å². The number of aryl methyl sites for hydroxylation is 2. The third-order valence-electron chi connectivity index (χ3n) is 7.87. The first-order valence-corrected chi connectivity index (χ1v) is 14.2. The molecule has 1 atom stereocenters. The van der Waals surface area contributed by atoms with Crippen LogP contribution in [0.15, 0.2) is 42.7 Å². The van der Waals surface area contributed by atoms with Crippen LogP contribution in [0.4, 0.5) is 26.0 Å². The summed E-state index contributed by atoms with van der Waals surface area (Å²) < 4.78 is 57.2. The first-order valence-electron chi connectivity index (χ1n) is 12.8. The van der Waals surface area contributed by atoms with Gasteiger partial charge in [-0.15, -0.1) is 0 Å². The predicted molar refractivity (Wildman–Crippen MR) is 142 cm³/mol. The molecule has 206 valence electrons. The fourth-order valence-corrected chi connectivity index (χ4v) is 6.74. The SMILES string of the molecule is Cc1ccc(N2CCN(C(=O)c3[nH]cc[n+]3C)CC2)nc1-c1ccc2c(c1)N(C)S(=O)(=O)N2CC1CC1(F)F. The first-order chi connectivity index (χ1) is 18.5. The van der Waals surface area contributed by atoms with Gasteiger partial charge in [0.25, 0.3) is 5.92 Å². The zero-order chi connectivity index (χ0) is 27.7. The number of imidazole rings is 1. The summed E-state index contributed by atoms with van der Waals surface area (Å²) in [5.41, 5.74) is 3.21. The maximum atomic E-state index is 13.6. The molecule has 1 aliphatic carbocycles. The highest BCUT2D eigenvalue weighted by molar-refractivity contribution is 7.94. The standard InChI is InChI=1S/C26H29F2N7O3S/c1-17-4-7-22(33-10-12-34(13-11-33)25(36)24-29-8-9-31(24)2)30-23(17)18-5-6-20-21(14-18)32(3)39(37,38)35(20)16-19-15-26(19,27)28/h4-9,14,19H,10-13,15-16H2,1-3H3/p+1. The van der Waals surface area contributed by atoms with Gasteiger partial charge in [0.1, 0.15) is 18.2 Å². The Hall–Kier alpha value is -3.74. The van der Waals surface area contributed by atoms with E-state index >= 15 is 0 Å². The molecule has 0 bridgehead atoms. The van der Waals surface area contributed by atoms with Gasteiger partial charge < -0.3 is 9.80 Å². The van der Waals surface area contributed by atoms with Crippen molar-refractivity contribution in [3.05, 3.63) is 54.1 Å². The highest BCUT2D eigenvalue weighted by Gasteiger charge is 2.59. The van der Waals surface area contributed by atoms with Gasteiger partial charge in [-0.25, -0.2) is 23.3 Å². The molecule has 1 aromatic carbocycles. The van der Waals surface area contributed by atoms with Crippen LogP contribution in [0.5, 0.6) is 0 Å². The smallest absolute Gasteiger partial charge is 0.345 e. The summed E-state index contributed by atoms with van der Waals surface area (Å²) in [7, 11) is -0.663. The van der Waals surface area contributed by atoms with Crippen LogP contribution in [-0.4, -0.2) is 74.9 Å². The van der Waals surface area contributed by atoms with Gasteiger partial charge in [0.15, 0.2) is 0 Å². The van der Waals surface area contributed by atoms with Crippen LogP contribution in [0.2, 0.25) is 0 Å². The molecule has 0 radical (unpaired) electrons. The molecule has 2 aliphatic heterocycles. The maximum absolute atomic E-state index is 13.6. The molecule has 1 saturated heterocycles. The zero-order valence-electron chi connectivity index (χ0n) is 21.9. The second kappa shape index (κ2) is 8.90. The van der Waals surface area contributed by atoms with Crippen LogP contribution in [0.1, 0.15) is 22.6 Å². The van der Waals surface area contributed by atoms with E-state index in [-0.39, 0.29) is 18.9 Å². The number of carbonyl (C=O) groups excluding carboxylic acids is 1. The molecule has 1 N–H and O–H groups in total. The Labute approximate surface area is 225 Å². The monoisotopic (exact) mass is 558 g/mol. The molecule has 13 heteroatoms.